The lowest BCUT2D eigenvalue weighted by Gasteiger charge is -2.35. The third-order valence-corrected chi connectivity index (χ3v) is 7.67. The first-order valence-electron chi connectivity index (χ1n) is 14.5. The number of rotatable bonds is 6. The van der Waals surface area contributed by atoms with E-state index in [1.807, 2.05) is 60.3 Å². The summed E-state index contributed by atoms with van der Waals surface area (Å²) in [6.45, 7) is 14.4. The average Bonchev–Trinajstić information content (AvgIpc) is 3.40. The van der Waals surface area contributed by atoms with Gasteiger partial charge < -0.3 is 24.6 Å². The zero-order chi connectivity index (χ0) is 29.9. The normalized spacial score (nSPS) is 19.5. The van der Waals surface area contributed by atoms with Crippen molar-refractivity contribution in [2.75, 3.05) is 45.0 Å². The number of nitrogens with zero attached hydrogens (tertiary/aromatic N) is 4. The van der Waals surface area contributed by atoms with Crippen LogP contribution in [0.15, 0.2) is 76.9 Å². The summed E-state index contributed by atoms with van der Waals surface area (Å²) in [6.07, 6.45) is 2.07. The van der Waals surface area contributed by atoms with E-state index in [0.29, 0.717) is 38.0 Å². The Kier molecular flexibility index (Phi) is 8.74. The molecule has 224 valence electrons. The van der Waals surface area contributed by atoms with Crippen molar-refractivity contribution in [1.29, 1.82) is 0 Å². The molecule has 0 radical (unpaired) electrons. The van der Waals surface area contributed by atoms with Gasteiger partial charge in [-0.25, -0.2) is 15.2 Å². The number of anilines is 1. The molecule has 10 heteroatoms. The van der Waals surface area contributed by atoms with Gasteiger partial charge in [0.2, 0.25) is 5.88 Å². The molecule has 0 saturated carbocycles. The molecule has 2 aromatic rings. The topological polar surface area (TPSA) is 93.7 Å². The number of ether oxygens (including phenoxy) is 2. The van der Waals surface area contributed by atoms with Gasteiger partial charge in [-0.15, -0.1) is 0 Å². The van der Waals surface area contributed by atoms with E-state index in [1.165, 1.54) is 5.56 Å². The van der Waals surface area contributed by atoms with E-state index in [9.17, 15) is 4.79 Å². The minimum atomic E-state index is -0.295. The van der Waals surface area contributed by atoms with Gasteiger partial charge in [0, 0.05) is 32.2 Å². The zero-order valence-corrected chi connectivity index (χ0v) is 25.5. The minimum absolute atomic E-state index is 0.0371. The van der Waals surface area contributed by atoms with Crippen LogP contribution >= 0.6 is 0 Å². The fourth-order valence-corrected chi connectivity index (χ4v) is 5.12. The van der Waals surface area contributed by atoms with Gasteiger partial charge in [-0.2, -0.15) is 0 Å². The van der Waals surface area contributed by atoms with Gasteiger partial charge in [0.15, 0.2) is 0 Å². The summed E-state index contributed by atoms with van der Waals surface area (Å²) < 4.78 is 12.0. The van der Waals surface area contributed by atoms with Gasteiger partial charge in [0.05, 0.1) is 30.5 Å². The molecule has 0 aromatic heterocycles. The largest absolute Gasteiger partial charge is 0.440 e. The Hall–Kier alpha value is -4.02. The highest BCUT2D eigenvalue weighted by Crippen LogP contribution is 2.30. The van der Waals surface area contributed by atoms with Crippen molar-refractivity contribution in [3.05, 3.63) is 83.0 Å². The highest BCUT2D eigenvalue weighted by atomic mass is 16.5. The summed E-state index contributed by atoms with van der Waals surface area (Å²) in [5, 5.41) is 8.01. The van der Waals surface area contributed by atoms with E-state index < -0.39 is 0 Å². The van der Waals surface area contributed by atoms with Gasteiger partial charge >= 0.3 is 6.03 Å². The molecule has 5 rings (SSSR count). The number of hydrogen-bond donors (Lipinski definition) is 3. The van der Waals surface area contributed by atoms with Crippen molar-refractivity contribution in [3.63, 3.8) is 0 Å². The number of hydrazine groups is 1. The minimum Gasteiger partial charge on any atom is -0.440 e. The smallest absolute Gasteiger partial charge is 0.320 e. The third-order valence-electron chi connectivity index (χ3n) is 7.67. The van der Waals surface area contributed by atoms with Crippen molar-refractivity contribution in [2.24, 2.45) is 10.4 Å². The van der Waals surface area contributed by atoms with Gasteiger partial charge in [-0.3, -0.25) is 10.3 Å². The lowest BCUT2D eigenvalue weighted by atomic mass is 9.87. The maximum absolute atomic E-state index is 13.2. The SMILES string of the molecule is CC1=C(Oc2ccccc2CNC(=O)NC2=CC(C(C)(C)C)NN2c2ccc(C)cc2)N(C)CN=C1N1CCOCC1. The predicted octanol–water partition coefficient (Wildman–Crippen LogP) is 4.32. The van der Waals surface area contributed by atoms with Crippen molar-refractivity contribution in [1.82, 2.24) is 25.9 Å². The van der Waals surface area contributed by atoms with E-state index >= 15 is 0 Å². The van der Waals surface area contributed by atoms with Crippen molar-refractivity contribution in [3.8, 4) is 5.75 Å². The fourth-order valence-electron chi connectivity index (χ4n) is 5.12. The summed E-state index contributed by atoms with van der Waals surface area (Å²) in [6, 6.07) is 15.8. The molecule has 2 aromatic carbocycles. The van der Waals surface area contributed by atoms with Gasteiger partial charge in [-0.05, 0) is 43.5 Å². The van der Waals surface area contributed by atoms with E-state index in [2.05, 4.69) is 66.9 Å². The lowest BCUT2D eigenvalue weighted by molar-refractivity contribution is 0.0673. The van der Waals surface area contributed by atoms with E-state index in [-0.39, 0.29) is 17.5 Å². The summed E-state index contributed by atoms with van der Waals surface area (Å²) in [5.74, 6) is 3.09. The molecular weight excluding hydrogens is 530 g/mol. The molecule has 2 amide bonds. The van der Waals surface area contributed by atoms with Crippen LogP contribution in [0.25, 0.3) is 0 Å². The molecule has 1 unspecified atom stereocenters. The zero-order valence-electron chi connectivity index (χ0n) is 25.5. The van der Waals surface area contributed by atoms with Crippen molar-refractivity contribution < 1.29 is 14.3 Å². The van der Waals surface area contributed by atoms with Gasteiger partial charge in [0.1, 0.15) is 24.1 Å². The number of para-hydroxylation sites is 1. The molecule has 1 fully saturated rings. The predicted molar refractivity (Wildman–Crippen MR) is 166 cm³/mol. The number of aryl methyl sites for hydroxylation is 1. The van der Waals surface area contributed by atoms with Crippen LogP contribution in [0.5, 0.6) is 5.75 Å². The Morgan fingerprint density at radius 3 is 2.52 bits per heavy atom. The number of aliphatic imine (C=N–C) groups is 1. The Morgan fingerprint density at radius 2 is 1.81 bits per heavy atom. The first-order chi connectivity index (χ1) is 20.1. The van der Waals surface area contributed by atoms with Crippen LogP contribution < -0.4 is 25.8 Å². The van der Waals surface area contributed by atoms with Crippen LogP contribution in [0.2, 0.25) is 0 Å². The molecule has 3 heterocycles. The van der Waals surface area contributed by atoms with Gasteiger partial charge in [0.25, 0.3) is 0 Å². The summed E-state index contributed by atoms with van der Waals surface area (Å²) in [7, 11) is 1.97. The van der Waals surface area contributed by atoms with Crippen molar-refractivity contribution >= 4 is 17.6 Å². The van der Waals surface area contributed by atoms with Crippen LogP contribution in [0.3, 0.4) is 0 Å². The number of nitrogens with one attached hydrogen (secondary N) is 3. The van der Waals surface area contributed by atoms with E-state index in [0.717, 1.165) is 41.6 Å². The number of benzene rings is 2. The van der Waals surface area contributed by atoms with Crippen molar-refractivity contribution in [2.45, 2.75) is 47.2 Å². The summed E-state index contributed by atoms with van der Waals surface area (Å²) in [4.78, 5) is 22.2. The molecule has 42 heavy (non-hydrogen) atoms. The van der Waals surface area contributed by atoms with E-state index in [1.54, 1.807) is 0 Å². The molecular formula is C32H43N7O3. The number of carbonyl (C=O) groups is 1. The maximum atomic E-state index is 13.2. The average molecular weight is 574 g/mol. The highest BCUT2D eigenvalue weighted by molar-refractivity contribution is 5.98. The van der Waals surface area contributed by atoms with Crippen LogP contribution in [-0.2, 0) is 11.3 Å². The number of carbonyl (C=O) groups excluding carboxylic acids is 1. The number of hydrogen-bond acceptors (Lipinski definition) is 8. The Morgan fingerprint density at radius 1 is 1.10 bits per heavy atom. The molecule has 3 N–H and O–H groups in total. The number of urea groups is 1. The molecule has 0 aliphatic carbocycles. The molecule has 0 bridgehead atoms. The monoisotopic (exact) mass is 573 g/mol. The molecule has 1 saturated heterocycles. The number of amidine groups is 1. The van der Waals surface area contributed by atoms with Crippen LogP contribution in [0.1, 0.15) is 38.8 Å². The second-order valence-electron chi connectivity index (χ2n) is 12.1. The first kappa shape index (κ1) is 29.5. The molecule has 3 aliphatic rings. The molecule has 3 aliphatic heterocycles. The first-order valence-corrected chi connectivity index (χ1v) is 14.5. The maximum Gasteiger partial charge on any atom is 0.320 e. The number of amides is 2. The Bertz CT molecular complexity index is 1370. The van der Waals surface area contributed by atoms with Crippen LogP contribution in [0, 0.1) is 12.3 Å². The molecule has 10 nitrogen and oxygen atoms in total. The summed E-state index contributed by atoms with van der Waals surface area (Å²) in [5.41, 5.74) is 7.49. The number of morpholine rings is 1. The third kappa shape index (κ3) is 6.71. The quantitative estimate of drug-likeness (QED) is 0.474. The molecule has 1 atom stereocenters. The van der Waals surface area contributed by atoms with Crippen LogP contribution in [-0.4, -0.2) is 67.7 Å². The van der Waals surface area contributed by atoms with Crippen LogP contribution in [0.4, 0.5) is 10.5 Å². The standard InChI is InChI=1S/C32H43N7O3/c1-22-11-13-25(14-12-22)39-28(19-27(36-39)32(3,4)5)35-31(40)33-20-24-9-7-8-10-26(24)42-30-23(2)29(34-21-37(30)6)38-15-17-41-18-16-38/h7-14,19,27,36H,15-18,20-21H2,1-6H3,(H2,33,35,40). The Labute approximate surface area is 249 Å². The van der Waals surface area contributed by atoms with E-state index in [4.69, 9.17) is 14.5 Å². The highest BCUT2D eigenvalue weighted by Gasteiger charge is 2.33. The fraction of sp³-hybridized carbons (Fsp3) is 0.438. The molecule has 0 spiro atoms. The second kappa shape index (κ2) is 12.5. The second-order valence-corrected chi connectivity index (χ2v) is 12.1. The Balaban J connectivity index is 1.28. The lowest BCUT2D eigenvalue weighted by Crippen LogP contribution is -2.46. The van der Waals surface area contributed by atoms with Gasteiger partial charge in [-0.1, -0.05) is 56.7 Å². The summed E-state index contributed by atoms with van der Waals surface area (Å²) >= 11 is 0.